The van der Waals surface area contributed by atoms with Crippen molar-refractivity contribution in [3.8, 4) is 0 Å². The zero-order valence-corrected chi connectivity index (χ0v) is 12.1. The van der Waals surface area contributed by atoms with Gasteiger partial charge in [0, 0.05) is 28.4 Å². The van der Waals surface area contributed by atoms with E-state index in [4.69, 9.17) is 5.73 Å². The highest BCUT2D eigenvalue weighted by atomic mass is 16.2. The van der Waals surface area contributed by atoms with Crippen molar-refractivity contribution in [2.75, 3.05) is 5.73 Å². The number of anilines is 1. The monoisotopic (exact) mass is 289 g/mol. The molecule has 4 heteroatoms. The van der Waals surface area contributed by atoms with Gasteiger partial charge in [-0.2, -0.15) is 0 Å². The summed E-state index contributed by atoms with van der Waals surface area (Å²) in [4.78, 5) is 16.2. The third kappa shape index (κ3) is 1.67. The number of aromatic nitrogens is 2. The summed E-state index contributed by atoms with van der Waals surface area (Å²) in [6, 6.07) is 15.3. The highest BCUT2D eigenvalue weighted by Gasteiger charge is 2.18. The van der Waals surface area contributed by atoms with Gasteiger partial charge in [-0.25, -0.2) is 0 Å². The number of nitrogens with zero attached hydrogens (tertiary/aromatic N) is 1. The van der Waals surface area contributed by atoms with Crippen LogP contribution in [0.15, 0.2) is 54.7 Å². The number of nitrogens with one attached hydrogen (secondary N) is 1. The van der Waals surface area contributed by atoms with Gasteiger partial charge in [0.1, 0.15) is 0 Å². The van der Waals surface area contributed by atoms with Crippen molar-refractivity contribution in [3.05, 3.63) is 66.0 Å². The van der Waals surface area contributed by atoms with Gasteiger partial charge in [0.2, 0.25) is 0 Å². The van der Waals surface area contributed by atoms with Crippen LogP contribution in [0.5, 0.6) is 0 Å². The van der Waals surface area contributed by atoms with Gasteiger partial charge >= 0.3 is 0 Å². The molecule has 22 heavy (non-hydrogen) atoms. The lowest BCUT2D eigenvalue weighted by Gasteiger charge is -2.08. The van der Waals surface area contributed by atoms with Gasteiger partial charge in [0.25, 0.3) is 5.91 Å². The van der Waals surface area contributed by atoms with Crippen LogP contribution in [-0.2, 0) is 0 Å². The molecule has 4 rings (SSSR count). The Bertz CT molecular complexity index is 1020. The SMILES string of the molecule is Cc1cc2c(N)cccc2n1C(=O)c1cccc2cc[nH]c12. The molecule has 4 aromatic rings. The molecular formula is C18H15N3O. The van der Waals surface area contributed by atoms with E-state index in [0.29, 0.717) is 11.3 Å². The summed E-state index contributed by atoms with van der Waals surface area (Å²) >= 11 is 0. The minimum absolute atomic E-state index is 0.0499. The molecule has 0 amide bonds. The zero-order valence-electron chi connectivity index (χ0n) is 12.1. The molecule has 2 heterocycles. The molecule has 0 fully saturated rings. The lowest BCUT2D eigenvalue weighted by Crippen LogP contribution is -2.13. The van der Waals surface area contributed by atoms with Crippen LogP contribution in [0.25, 0.3) is 21.8 Å². The number of aromatic amines is 1. The number of rotatable bonds is 1. The second-order valence-corrected chi connectivity index (χ2v) is 5.45. The second kappa shape index (κ2) is 4.49. The average Bonchev–Trinajstić information content (AvgIpc) is 3.10. The smallest absolute Gasteiger partial charge is 0.264 e. The highest BCUT2D eigenvalue weighted by molar-refractivity contribution is 6.11. The Morgan fingerprint density at radius 1 is 1.14 bits per heavy atom. The Hall–Kier alpha value is -3.01. The van der Waals surface area contributed by atoms with E-state index < -0.39 is 0 Å². The van der Waals surface area contributed by atoms with E-state index in [0.717, 1.165) is 27.5 Å². The molecule has 0 saturated heterocycles. The molecule has 0 spiro atoms. The van der Waals surface area contributed by atoms with Crippen molar-refractivity contribution >= 4 is 33.4 Å². The second-order valence-electron chi connectivity index (χ2n) is 5.45. The summed E-state index contributed by atoms with van der Waals surface area (Å²) < 4.78 is 1.72. The van der Waals surface area contributed by atoms with Gasteiger partial charge in [0.05, 0.1) is 16.6 Å². The van der Waals surface area contributed by atoms with E-state index in [9.17, 15) is 4.79 Å². The molecule has 0 aliphatic rings. The number of carbonyl (C=O) groups excluding carboxylic acids is 1. The molecule has 3 N–H and O–H groups in total. The van der Waals surface area contributed by atoms with Crippen molar-refractivity contribution in [1.29, 1.82) is 0 Å². The maximum absolute atomic E-state index is 13.1. The van der Waals surface area contributed by atoms with Crippen LogP contribution in [0.1, 0.15) is 16.1 Å². The minimum atomic E-state index is -0.0499. The number of carbonyl (C=O) groups is 1. The number of hydrogen-bond acceptors (Lipinski definition) is 2. The fourth-order valence-corrected chi connectivity index (χ4v) is 3.04. The zero-order chi connectivity index (χ0) is 15.3. The van der Waals surface area contributed by atoms with Gasteiger partial charge in [-0.1, -0.05) is 18.2 Å². The van der Waals surface area contributed by atoms with Crippen LogP contribution in [0.2, 0.25) is 0 Å². The molecule has 2 aromatic carbocycles. The lowest BCUT2D eigenvalue weighted by atomic mass is 10.1. The molecule has 0 unspecified atom stereocenters. The Morgan fingerprint density at radius 3 is 2.82 bits per heavy atom. The molecule has 0 radical (unpaired) electrons. The van der Waals surface area contributed by atoms with Crippen LogP contribution in [0.3, 0.4) is 0 Å². The first kappa shape index (κ1) is 12.7. The molecule has 0 bridgehead atoms. The van der Waals surface area contributed by atoms with Crippen molar-refractivity contribution in [3.63, 3.8) is 0 Å². The number of benzene rings is 2. The molecule has 0 aliphatic heterocycles. The third-order valence-corrected chi connectivity index (χ3v) is 4.08. The Morgan fingerprint density at radius 2 is 1.95 bits per heavy atom. The third-order valence-electron chi connectivity index (χ3n) is 4.08. The molecule has 2 aromatic heterocycles. The van der Waals surface area contributed by atoms with E-state index >= 15 is 0 Å². The van der Waals surface area contributed by atoms with Crippen molar-refractivity contribution in [2.24, 2.45) is 0 Å². The van der Waals surface area contributed by atoms with Crippen LogP contribution in [0, 0.1) is 6.92 Å². The van der Waals surface area contributed by atoms with Gasteiger partial charge in [-0.3, -0.25) is 9.36 Å². The van der Waals surface area contributed by atoms with Gasteiger partial charge in [0.15, 0.2) is 0 Å². The summed E-state index contributed by atoms with van der Waals surface area (Å²) in [5.74, 6) is -0.0499. The Labute approximate surface area is 127 Å². The first-order chi connectivity index (χ1) is 10.7. The molecule has 0 aliphatic carbocycles. The fourth-order valence-electron chi connectivity index (χ4n) is 3.04. The van der Waals surface area contributed by atoms with Gasteiger partial charge in [-0.05, 0) is 37.3 Å². The number of hydrogen-bond donors (Lipinski definition) is 2. The van der Waals surface area contributed by atoms with Gasteiger partial charge in [-0.15, -0.1) is 0 Å². The van der Waals surface area contributed by atoms with Crippen molar-refractivity contribution < 1.29 is 4.79 Å². The maximum Gasteiger partial charge on any atom is 0.264 e. The predicted octanol–water partition coefficient (Wildman–Crippen LogP) is 3.70. The Balaban J connectivity index is 1.99. The molecule has 4 nitrogen and oxygen atoms in total. The first-order valence-corrected chi connectivity index (χ1v) is 7.14. The van der Waals surface area contributed by atoms with E-state index in [1.807, 2.05) is 61.7 Å². The number of fused-ring (bicyclic) bond motifs is 2. The minimum Gasteiger partial charge on any atom is -0.398 e. The Kier molecular flexibility index (Phi) is 2.60. The average molecular weight is 289 g/mol. The summed E-state index contributed by atoms with van der Waals surface area (Å²) in [6.07, 6.45) is 1.85. The van der Waals surface area contributed by atoms with Crippen LogP contribution in [-0.4, -0.2) is 15.5 Å². The maximum atomic E-state index is 13.1. The topological polar surface area (TPSA) is 63.8 Å². The lowest BCUT2D eigenvalue weighted by molar-refractivity contribution is 0.0964. The van der Waals surface area contributed by atoms with Crippen molar-refractivity contribution in [1.82, 2.24) is 9.55 Å². The number of nitrogen functional groups attached to an aromatic ring is 1. The van der Waals surface area contributed by atoms with E-state index in [2.05, 4.69) is 4.98 Å². The van der Waals surface area contributed by atoms with Crippen LogP contribution < -0.4 is 5.73 Å². The molecule has 0 saturated carbocycles. The van der Waals surface area contributed by atoms with Crippen LogP contribution in [0.4, 0.5) is 5.69 Å². The van der Waals surface area contributed by atoms with E-state index in [-0.39, 0.29) is 5.91 Å². The predicted molar refractivity (Wildman–Crippen MR) is 89.1 cm³/mol. The summed E-state index contributed by atoms with van der Waals surface area (Å²) in [6.45, 7) is 1.92. The fraction of sp³-hybridized carbons (Fsp3) is 0.0556. The summed E-state index contributed by atoms with van der Waals surface area (Å²) in [5.41, 5.74) is 9.94. The largest absolute Gasteiger partial charge is 0.398 e. The molecular weight excluding hydrogens is 274 g/mol. The van der Waals surface area contributed by atoms with Crippen molar-refractivity contribution in [2.45, 2.75) is 6.92 Å². The molecule has 108 valence electrons. The van der Waals surface area contributed by atoms with Gasteiger partial charge < -0.3 is 10.7 Å². The molecule has 0 atom stereocenters. The summed E-state index contributed by atoms with van der Waals surface area (Å²) in [5, 5.41) is 1.94. The quantitative estimate of drug-likeness (QED) is 0.525. The number of H-pyrrole nitrogens is 1. The normalized spacial score (nSPS) is 11.3. The highest BCUT2D eigenvalue weighted by Crippen LogP contribution is 2.27. The van der Waals surface area contributed by atoms with E-state index in [1.165, 1.54) is 0 Å². The van der Waals surface area contributed by atoms with Crippen LogP contribution >= 0.6 is 0 Å². The van der Waals surface area contributed by atoms with E-state index in [1.54, 1.807) is 4.57 Å². The number of nitrogens with two attached hydrogens (primary N) is 1. The first-order valence-electron chi connectivity index (χ1n) is 7.14. The number of aryl methyl sites for hydroxylation is 1. The number of para-hydroxylation sites is 1. The standard InChI is InChI=1S/C18H15N3O/c1-11-10-14-15(19)6-3-7-16(14)21(11)18(22)13-5-2-4-12-8-9-20-17(12)13/h2-10,20H,19H2,1H3. The summed E-state index contributed by atoms with van der Waals surface area (Å²) in [7, 11) is 0.